The van der Waals surface area contributed by atoms with Crippen molar-refractivity contribution in [2.75, 3.05) is 0 Å². The van der Waals surface area contributed by atoms with Gasteiger partial charge in [-0.2, -0.15) is 0 Å². The summed E-state index contributed by atoms with van der Waals surface area (Å²) in [5.74, 6) is 0.277. The van der Waals surface area contributed by atoms with Crippen molar-refractivity contribution in [2.45, 2.75) is 20.5 Å². The van der Waals surface area contributed by atoms with Crippen LogP contribution in [-0.2, 0) is 6.61 Å². The van der Waals surface area contributed by atoms with E-state index in [1.54, 1.807) is 6.07 Å². The molecule has 0 amide bonds. The zero-order valence-corrected chi connectivity index (χ0v) is 12.4. The summed E-state index contributed by atoms with van der Waals surface area (Å²) in [6, 6.07) is 13.2. The quantitative estimate of drug-likeness (QED) is 0.803. The first-order valence-electron chi connectivity index (χ1n) is 6.96. The van der Waals surface area contributed by atoms with E-state index in [0.29, 0.717) is 11.3 Å². The highest BCUT2D eigenvalue weighted by Crippen LogP contribution is 2.19. The topological polar surface area (TPSA) is 63.8 Å². The predicted molar refractivity (Wildman–Crippen MR) is 82.4 cm³/mol. The van der Waals surface area contributed by atoms with Crippen molar-refractivity contribution in [2.24, 2.45) is 0 Å². The lowest BCUT2D eigenvalue weighted by molar-refractivity contribution is 0.0693. The average molecular weight is 296 g/mol. The molecule has 0 aliphatic rings. The number of ether oxygens (including phenoxy) is 1. The van der Waals surface area contributed by atoms with Crippen LogP contribution in [0.25, 0.3) is 5.52 Å². The minimum atomic E-state index is -1.04. The van der Waals surface area contributed by atoms with Crippen molar-refractivity contribution in [1.82, 2.24) is 9.38 Å². The van der Waals surface area contributed by atoms with E-state index in [-0.39, 0.29) is 12.3 Å². The van der Waals surface area contributed by atoms with Crippen LogP contribution >= 0.6 is 0 Å². The lowest BCUT2D eigenvalue weighted by Crippen LogP contribution is -2.03. The highest BCUT2D eigenvalue weighted by atomic mass is 16.5. The monoisotopic (exact) mass is 296 g/mol. The Hall–Kier alpha value is -2.82. The van der Waals surface area contributed by atoms with E-state index in [2.05, 4.69) is 4.98 Å². The normalized spacial score (nSPS) is 10.8. The standard InChI is InChI=1S/C17H16N2O3/c1-11-5-3-7-13(9-11)22-10-15-18-16(17(20)21)14-8-4-6-12(2)19(14)15/h3-9H,10H2,1-2H3,(H,20,21). The van der Waals surface area contributed by atoms with Gasteiger partial charge in [-0.05, 0) is 43.7 Å². The number of carbonyl (C=O) groups is 1. The van der Waals surface area contributed by atoms with E-state index in [9.17, 15) is 9.90 Å². The van der Waals surface area contributed by atoms with Crippen LogP contribution in [0.2, 0.25) is 0 Å². The van der Waals surface area contributed by atoms with Crippen LogP contribution in [-0.4, -0.2) is 20.5 Å². The molecule has 0 saturated heterocycles. The minimum Gasteiger partial charge on any atom is -0.486 e. The van der Waals surface area contributed by atoms with Gasteiger partial charge in [0.1, 0.15) is 12.4 Å². The maximum atomic E-state index is 11.3. The van der Waals surface area contributed by atoms with E-state index in [0.717, 1.165) is 17.0 Å². The largest absolute Gasteiger partial charge is 0.486 e. The van der Waals surface area contributed by atoms with Gasteiger partial charge in [-0.15, -0.1) is 0 Å². The molecule has 0 aliphatic carbocycles. The lowest BCUT2D eigenvalue weighted by Gasteiger charge is -2.08. The Morgan fingerprint density at radius 1 is 1.23 bits per heavy atom. The summed E-state index contributed by atoms with van der Waals surface area (Å²) in [6.07, 6.45) is 0. The van der Waals surface area contributed by atoms with Gasteiger partial charge >= 0.3 is 5.97 Å². The van der Waals surface area contributed by atoms with Gasteiger partial charge in [0, 0.05) is 5.69 Å². The molecule has 2 aromatic heterocycles. The number of aryl methyl sites for hydroxylation is 2. The number of hydrogen-bond acceptors (Lipinski definition) is 3. The molecule has 22 heavy (non-hydrogen) atoms. The van der Waals surface area contributed by atoms with Gasteiger partial charge in [0.25, 0.3) is 0 Å². The fourth-order valence-corrected chi connectivity index (χ4v) is 2.49. The van der Waals surface area contributed by atoms with Crippen molar-refractivity contribution >= 4 is 11.5 Å². The summed E-state index contributed by atoms with van der Waals surface area (Å²) < 4.78 is 7.57. The van der Waals surface area contributed by atoms with Gasteiger partial charge in [0.15, 0.2) is 11.5 Å². The number of rotatable bonds is 4. The van der Waals surface area contributed by atoms with Gasteiger partial charge in [-0.25, -0.2) is 9.78 Å². The fraction of sp³-hybridized carbons (Fsp3) is 0.176. The van der Waals surface area contributed by atoms with Crippen LogP contribution in [0.3, 0.4) is 0 Å². The predicted octanol–water partition coefficient (Wildman–Crippen LogP) is 3.23. The highest BCUT2D eigenvalue weighted by molar-refractivity contribution is 5.93. The number of nitrogens with zero attached hydrogens (tertiary/aromatic N) is 2. The lowest BCUT2D eigenvalue weighted by atomic mass is 10.2. The molecule has 0 bridgehead atoms. The molecule has 3 rings (SSSR count). The number of aromatic nitrogens is 2. The molecule has 0 aliphatic heterocycles. The Bertz CT molecular complexity index is 852. The molecule has 0 fully saturated rings. The Morgan fingerprint density at radius 2 is 2.00 bits per heavy atom. The van der Waals surface area contributed by atoms with E-state index < -0.39 is 5.97 Å². The molecular weight excluding hydrogens is 280 g/mol. The maximum absolute atomic E-state index is 11.3. The van der Waals surface area contributed by atoms with Crippen LogP contribution in [0.1, 0.15) is 27.6 Å². The van der Waals surface area contributed by atoms with Crippen LogP contribution in [0, 0.1) is 13.8 Å². The Balaban J connectivity index is 1.98. The first-order valence-corrected chi connectivity index (χ1v) is 6.96. The molecule has 0 unspecified atom stereocenters. The van der Waals surface area contributed by atoms with Crippen LogP contribution in [0.5, 0.6) is 5.75 Å². The molecule has 112 valence electrons. The third kappa shape index (κ3) is 2.53. The third-order valence-corrected chi connectivity index (χ3v) is 3.49. The average Bonchev–Trinajstić information content (AvgIpc) is 2.86. The van der Waals surface area contributed by atoms with Crippen molar-refractivity contribution in [3.8, 4) is 5.75 Å². The minimum absolute atomic E-state index is 0.0477. The summed E-state index contributed by atoms with van der Waals surface area (Å²) in [6.45, 7) is 4.11. The second-order valence-corrected chi connectivity index (χ2v) is 5.17. The summed E-state index contributed by atoms with van der Waals surface area (Å²) >= 11 is 0. The molecule has 2 heterocycles. The molecule has 0 atom stereocenters. The first kappa shape index (κ1) is 14.1. The first-order chi connectivity index (χ1) is 10.6. The molecule has 0 spiro atoms. The Morgan fingerprint density at radius 3 is 2.73 bits per heavy atom. The van der Waals surface area contributed by atoms with Gasteiger partial charge in [-0.3, -0.25) is 4.40 Å². The molecule has 1 N–H and O–H groups in total. The van der Waals surface area contributed by atoms with Gasteiger partial charge in [0.05, 0.1) is 5.52 Å². The van der Waals surface area contributed by atoms with Gasteiger partial charge in [0.2, 0.25) is 0 Å². The van der Waals surface area contributed by atoms with Crippen molar-refractivity contribution < 1.29 is 14.6 Å². The molecule has 5 heteroatoms. The summed E-state index contributed by atoms with van der Waals surface area (Å²) in [7, 11) is 0. The fourth-order valence-electron chi connectivity index (χ4n) is 2.49. The van der Waals surface area contributed by atoms with Gasteiger partial charge < -0.3 is 9.84 Å². The molecule has 0 saturated carbocycles. The number of pyridine rings is 1. The Labute approximate surface area is 127 Å². The summed E-state index contributed by atoms with van der Waals surface area (Å²) in [4.78, 5) is 15.6. The third-order valence-electron chi connectivity index (χ3n) is 3.49. The SMILES string of the molecule is Cc1cccc(OCc2nc(C(=O)O)c3cccc(C)n23)c1. The molecule has 3 aromatic rings. The smallest absolute Gasteiger partial charge is 0.356 e. The Kier molecular flexibility index (Phi) is 3.55. The van der Waals surface area contributed by atoms with E-state index in [1.165, 1.54) is 0 Å². The maximum Gasteiger partial charge on any atom is 0.356 e. The number of fused-ring (bicyclic) bond motifs is 1. The summed E-state index contributed by atoms with van der Waals surface area (Å²) in [5.41, 5.74) is 2.65. The molecular formula is C17H16N2O3. The second kappa shape index (κ2) is 5.52. The van der Waals surface area contributed by atoms with Crippen LogP contribution in [0.15, 0.2) is 42.5 Å². The highest BCUT2D eigenvalue weighted by Gasteiger charge is 2.17. The zero-order chi connectivity index (χ0) is 15.7. The van der Waals surface area contributed by atoms with Crippen molar-refractivity contribution in [3.63, 3.8) is 0 Å². The summed E-state index contributed by atoms with van der Waals surface area (Å²) in [5, 5.41) is 9.29. The van der Waals surface area contributed by atoms with Gasteiger partial charge in [-0.1, -0.05) is 18.2 Å². The van der Waals surface area contributed by atoms with Crippen molar-refractivity contribution in [3.05, 3.63) is 65.2 Å². The van der Waals surface area contributed by atoms with Crippen LogP contribution < -0.4 is 4.74 Å². The number of aromatic carboxylic acids is 1. The molecule has 5 nitrogen and oxygen atoms in total. The number of carboxylic acids is 1. The zero-order valence-electron chi connectivity index (χ0n) is 12.4. The number of hydrogen-bond donors (Lipinski definition) is 1. The van der Waals surface area contributed by atoms with E-state index in [1.807, 2.05) is 54.6 Å². The van der Waals surface area contributed by atoms with Crippen molar-refractivity contribution in [1.29, 1.82) is 0 Å². The van der Waals surface area contributed by atoms with E-state index >= 15 is 0 Å². The number of imidazole rings is 1. The van der Waals surface area contributed by atoms with Crippen LogP contribution in [0.4, 0.5) is 0 Å². The molecule has 1 aromatic carbocycles. The number of carboxylic acid groups (broad SMARTS) is 1. The molecule has 0 radical (unpaired) electrons. The second-order valence-electron chi connectivity index (χ2n) is 5.17. The number of benzene rings is 1. The van der Waals surface area contributed by atoms with E-state index in [4.69, 9.17) is 4.74 Å².